The van der Waals surface area contributed by atoms with Crippen LogP contribution in [-0.2, 0) is 11.3 Å². The van der Waals surface area contributed by atoms with Crippen LogP contribution in [0, 0.1) is 0 Å². The predicted octanol–water partition coefficient (Wildman–Crippen LogP) is 3.60. The average Bonchev–Trinajstić information content (AvgIpc) is 2.28. The number of nitrogens with one attached hydrogen (secondary N) is 1. The van der Waals surface area contributed by atoms with Gasteiger partial charge in [0, 0.05) is 24.3 Å². The van der Waals surface area contributed by atoms with Crippen LogP contribution < -0.4 is 10.1 Å². The molecular weight excluding hydrogens is 250 g/mol. The molecule has 0 aromatic heterocycles. The summed E-state index contributed by atoms with van der Waals surface area (Å²) in [4.78, 5) is 0. The van der Waals surface area contributed by atoms with Gasteiger partial charge in [-0.1, -0.05) is 23.7 Å². The van der Waals surface area contributed by atoms with Crippen LogP contribution in [0.5, 0.6) is 5.75 Å². The van der Waals surface area contributed by atoms with E-state index in [4.69, 9.17) is 21.1 Å². The van der Waals surface area contributed by atoms with Crippen LogP contribution >= 0.6 is 11.6 Å². The summed E-state index contributed by atoms with van der Waals surface area (Å²) in [6.07, 6.45) is 0. The third kappa shape index (κ3) is 5.25. The minimum absolute atomic E-state index is 0.0551. The van der Waals surface area contributed by atoms with E-state index in [0.717, 1.165) is 5.56 Å². The van der Waals surface area contributed by atoms with Crippen molar-refractivity contribution in [1.29, 1.82) is 0 Å². The van der Waals surface area contributed by atoms with E-state index >= 15 is 0 Å². The summed E-state index contributed by atoms with van der Waals surface area (Å²) >= 11 is 6.15. The fourth-order valence-electron chi connectivity index (χ4n) is 1.40. The summed E-state index contributed by atoms with van der Waals surface area (Å²) in [5.41, 5.74) is 1.09. The lowest BCUT2D eigenvalue weighted by molar-refractivity contribution is 0.0218. The van der Waals surface area contributed by atoms with Crippen molar-refractivity contribution < 1.29 is 9.47 Å². The van der Waals surface area contributed by atoms with Crippen molar-refractivity contribution in [3.8, 4) is 5.75 Å². The maximum absolute atomic E-state index is 6.15. The molecule has 0 aliphatic rings. The molecule has 0 unspecified atom stereocenters. The van der Waals surface area contributed by atoms with Crippen LogP contribution in [-0.4, -0.2) is 18.9 Å². The summed E-state index contributed by atoms with van der Waals surface area (Å²) in [6, 6.07) is 5.75. The molecule has 0 spiro atoms. The fraction of sp³-hybridized carbons (Fsp3) is 0.571. The molecule has 0 radical (unpaired) electrons. The van der Waals surface area contributed by atoms with Crippen LogP contribution in [0.1, 0.15) is 33.3 Å². The number of hydrogen-bond acceptors (Lipinski definition) is 3. The van der Waals surface area contributed by atoms with Gasteiger partial charge in [0.2, 0.25) is 0 Å². The molecule has 1 aromatic carbocycles. The van der Waals surface area contributed by atoms with Crippen molar-refractivity contribution in [3.63, 3.8) is 0 Å². The van der Waals surface area contributed by atoms with Crippen LogP contribution in [0.2, 0.25) is 5.02 Å². The largest absolute Gasteiger partial charge is 0.466 e. The molecule has 0 saturated heterocycles. The summed E-state index contributed by atoms with van der Waals surface area (Å²) in [5.74, 6) is 0.698. The summed E-state index contributed by atoms with van der Waals surface area (Å²) in [5, 5.41) is 4.03. The first-order valence-corrected chi connectivity index (χ1v) is 6.55. The van der Waals surface area contributed by atoms with Gasteiger partial charge in [-0.15, -0.1) is 0 Å². The molecule has 1 N–H and O–H groups in total. The highest BCUT2D eigenvalue weighted by Crippen LogP contribution is 2.29. The Balaban J connectivity index is 2.73. The Kier molecular flexibility index (Phi) is 5.93. The van der Waals surface area contributed by atoms with Gasteiger partial charge < -0.3 is 14.8 Å². The zero-order chi connectivity index (χ0) is 13.6. The molecule has 0 amide bonds. The quantitative estimate of drug-likeness (QED) is 0.633. The van der Waals surface area contributed by atoms with Crippen molar-refractivity contribution in [3.05, 3.63) is 28.8 Å². The first-order chi connectivity index (χ1) is 8.44. The van der Waals surface area contributed by atoms with Crippen LogP contribution in [0.15, 0.2) is 18.2 Å². The van der Waals surface area contributed by atoms with Crippen LogP contribution in [0.3, 0.4) is 0 Å². The predicted molar refractivity (Wildman–Crippen MR) is 75.2 cm³/mol. The number of benzene rings is 1. The Morgan fingerprint density at radius 3 is 2.61 bits per heavy atom. The first-order valence-electron chi connectivity index (χ1n) is 6.17. The first kappa shape index (κ1) is 15.3. The lowest BCUT2D eigenvalue weighted by Gasteiger charge is -2.22. The molecule has 0 aliphatic carbocycles. The number of para-hydroxylation sites is 1. The molecule has 18 heavy (non-hydrogen) atoms. The molecule has 0 bridgehead atoms. The summed E-state index contributed by atoms with van der Waals surface area (Å²) in [6.45, 7) is 9.86. The monoisotopic (exact) mass is 271 g/mol. The number of halogens is 1. The fourth-order valence-corrected chi connectivity index (χ4v) is 1.65. The van der Waals surface area contributed by atoms with E-state index in [1.54, 1.807) is 0 Å². The Bertz CT molecular complexity index is 375. The summed E-state index contributed by atoms with van der Waals surface area (Å²) < 4.78 is 10.8. The average molecular weight is 272 g/mol. The van der Waals surface area contributed by atoms with E-state index in [-0.39, 0.29) is 12.3 Å². The molecule has 0 heterocycles. The van der Waals surface area contributed by atoms with Crippen LogP contribution in [0.25, 0.3) is 0 Å². The smallest absolute Gasteiger partial charge is 0.189 e. The topological polar surface area (TPSA) is 30.5 Å². The molecule has 1 aromatic rings. The molecule has 0 aliphatic heterocycles. The maximum Gasteiger partial charge on any atom is 0.189 e. The number of ether oxygens (including phenoxy) is 2. The minimum Gasteiger partial charge on any atom is -0.466 e. The van der Waals surface area contributed by atoms with Gasteiger partial charge in [0.1, 0.15) is 5.75 Å². The highest BCUT2D eigenvalue weighted by Gasteiger charge is 2.13. The standard InChI is InChI=1S/C14H22ClNO2/c1-5-17-10-18-13-11(7-6-8-12(13)15)9-16-14(2,3)4/h6-8,16H,5,9-10H2,1-4H3. The molecule has 1 rings (SSSR count). The zero-order valence-electron chi connectivity index (χ0n) is 11.5. The van der Waals surface area contributed by atoms with Gasteiger partial charge in [0.25, 0.3) is 0 Å². The third-order valence-electron chi connectivity index (χ3n) is 2.35. The second-order valence-corrected chi connectivity index (χ2v) is 5.49. The highest BCUT2D eigenvalue weighted by molar-refractivity contribution is 6.32. The second kappa shape index (κ2) is 6.98. The van der Waals surface area contributed by atoms with Crippen molar-refractivity contribution in [2.75, 3.05) is 13.4 Å². The molecule has 0 saturated carbocycles. The van der Waals surface area contributed by atoms with E-state index in [1.165, 1.54) is 0 Å². The van der Waals surface area contributed by atoms with E-state index in [2.05, 4.69) is 26.1 Å². The third-order valence-corrected chi connectivity index (χ3v) is 2.65. The molecule has 102 valence electrons. The van der Waals surface area contributed by atoms with E-state index < -0.39 is 0 Å². The molecule has 0 fully saturated rings. The molecule has 4 heteroatoms. The van der Waals surface area contributed by atoms with Gasteiger partial charge in [0.15, 0.2) is 6.79 Å². The highest BCUT2D eigenvalue weighted by atomic mass is 35.5. The van der Waals surface area contributed by atoms with Crippen molar-refractivity contribution >= 4 is 11.6 Å². The number of rotatable bonds is 6. The van der Waals surface area contributed by atoms with Gasteiger partial charge in [0.05, 0.1) is 5.02 Å². The molecule has 0 atom stereocenters. The normalized spacial score (nSPS) is 11.6. The minimum atomic E-state index is 0.0551. The van der Waals surface area contributed by atoms with Gasteiger partial charge >= 0.3 is 0 Å². The van der Waals surface area contributed by atoms with Gasteiger partial charge in [-0.2, -0.15) is 0 Å². The van der Waals surface area contributed by atoms with E-state index in [0.29, 0.717) is 23.9 Å². The van der Waals surface area contributed by atoms with Crippen molar-refractivity contribution in [1.82, 2.24) is 5.32 Å². The van der Waals surface area contributed by atoms with Crippen molar-refractivity contribution in [2.24, 2.45) is 0 Å². The molecular formula is C14H22ClNO2. The Morgan fingerprint density at radius 1 is 1.28 bits per heavy atom. The Morgan fingerprint density at radius 2 is 2.00 bits per heavy atom. The van der Waals surface area contributed by atoms with Gasteiger partial charge in [-0.05, 0) is 33.8 Å². The van der Waals surface area contributed by atoms with E-state index in [1.807, 2.05) is 25.1 Å². The second-order valence-electron chi connectivity index (χ2n) is 5.09. The Labute approximate surface area is 114 Å². The summed E-state index contributed by atoms with van der Waals surface area (Å²) in [7, 11) is 0. The SMILES string of the molecule is CCOCOc1c(Cl)cccc1CNC(C)(C)C. The molecule has 3 nitrogen and oxygen atoms in total. The lowest BCUT2D eigenvalue weighted by atomic mass is 10.1. The maximum atomic E-state index is 6.15. The number of hydrogen-bond donors (Lipinski definition) is 1. The van der Waals surface area contributed by atoms with Gasteiger partial charge in [-0.3, -0.25) is 0 Å². The van der Waals surface area contributed by atoms with Crippen molar-refractivity contribution in [2.45, 2.75) is 39.8 Å². The van der Waals surface area contributed by atoms with E-state index in [9.17, 15) is 0 Å². The van der Waals surface area contributed by atoms with Crippen LogP contribution in [0.4, 0.5) is 0 Å². The zero-order valence-corrected chi connectivity index (χ0v) is 12.3. The Hall–Kier alpha value is -0.770. The van der Waals surface area contributed by atoms with Gasteiger partial charge in [-0.25, -0.2) is 0 Å². The lowest BCUT2D eigenvalue weighted by Crippen LogP contribution is -2.35.